The van der Waals surface area contributed by atoms with E-state index < -0.39 is 0 Å². The van der Waals surface area contributed by atoms with Gasteiger partial charge in [0.25, 0.3) is 0 Å². The van der Waals surface area contributed by atoms with Gasteiger partial charge in [-0.1, -0.05) is 44.2 Å². The van der Waals surface area contributed by atoms with Crippen molar-refractivity contribution >= 4 is 5.95 Å². The van der Waals surface area contributed by atoms with E-state index in [2.05, 4.69) is 59.6 Å². The Kier molecular flexibility index (Phi) is 4.94. The SMILES string of the molecule is COc1ccc([C@@H]2C[C@@H](c3ccc(C(C)C)cc3)Nc3ncnn32)cc1OC. The maximum absolute atomic E-state index is 5.50. The summed E-state index contributed by atoms with van der Waals surface area (Å²) in [6, 6.07) is 15.1. The molecule has 2 heterocycles. The molecule has 6 heteroatoms. The van der Waals surface area contributed by atoms with Crippen molar-refractivity contribution in [2.45, 2.75) is 38.3 Å². The van der Waals surface area contributed by atoms with Gasteiger partial charge in [0.1, 0.15) is 6.33 Å². The van der Waals surface area contributed by atoms with E-state index in [-0.39, 0.29) is 12.1 Å². The van der Waals surface area contributed by atoms with Gasteiger partial charge in [-0.25, -0.2) is 4.68 Å². The third kappa shape index (κ3) is 3.30. The van der Waals surface area contributed by atoms with Crippen LogP contribution >= 0.6 is 0 Å². The Hall–Kier alpha value is -3.02. The van der Waals surface area contributed by atoms with Crippen LogP contribution in [0.1, 0.15) is 55.0 Å². The zero-order valence-electron chi connectivity index (χ0n) is 16.7. The molecule has 0 bridgehead atoms. The Morgan fingerprint density at radius 3 is 2.39 bits per heavy atom. The number of nitrogens with one attached hydrogen (secondary N) is 1. The maximum Gasteiger partial charge on any atom is 0.222 e. The van der Waals surface area contributed by atoms with Gasteiger partial charge in [-0.15, -0.1) is 0 Å². The van der Waals surface area contributed by atoms with Crippen molar-refractivity contribution in [2.75, 3.05) is 19.5 Å². The fraction of sp³-hybridized carbons (Fsp3) is 0.364. The first-order valence-corrected chi connectivity index (χ1v) is 9.58. The molecule has 0 unspecified atom stereocenters. The average molecular weight is 378 g/mol. The van der Waals surface area contributed by atoms with Gasteiger partial charge in [0.05, 0.1) is 26.3 Å². The van der Waals surface area contributed by atoms with Crippen LogP contribution in [0.2, 0.25) is 0 Å². The van der Waals surface area contributed by atoms with Crippen LogP contribution in [0, 0.1) is 0 Å². The number of aromatic nitrogens is 3. The molecular formula is C22H26N4O2. The van der Waals surface area contributed by atoms with Crippen molar-refractivity contribution in [3.05, 3.63) is 65.5 Å². The van der Waals surface area contributed by atoms with Gasteiger partial charge in [-0.05, 0) is 41.2 Å². The topological polar surface area (TPSA) is 61.2 Å². The fourth-order valence-corrected chi connectivity index (χ4v) is 3.79. The molecule has 1 aliphatic rings. The number of anilines is 1. The number of methoxy groups -OCH3 is 2. The molecule has 0 saturated heterocycles. The molecule has 146 valence electrons. The summed E-state index contributed by atoms with van der Waals surface area (Å²) in [5, 5.41) is 7.98. The standard InChI is InChI=1S/C22H26N4O2/c1-14(2)15-5-7-16(8-6-15)18-12-19(26-22(25-18)23-13-24-26)17-9-10-20(27-3)21(11-17)28-4/h5-11,13-14,18-19H,12H2,1-4H3,(H,23,24,25)/t18-,19-/m0/s1. The molecule has 2 aromatic carbocycles. The largest absolute Gasteiger partial charge is 0.493 e. The third-order valence-corrected chi connectivity index (χ3v) is 5.43. The number of rotatable bonds is 5. The second kappa shape index (κ2) is 7.54. The minimum atomic E-state index is 0.0633. The highest BCUT2D eigenvalue weighted by molar-refractivity contribution is 5.46. The molecule has 0 amide bonds. The first-order valence-electron chi connectivity index (χ1n) is 9.58. The minimum absolute atomic E-state index is 0.0633. The van der Waals surface area contributed by atoms with Gasteiger partial charge < -0.3 is 14.8 Å². The second-order valence-corrected chi connectivity index (χ2v) is 7.41. The van der Waals surface area contributed by atoms with Crippen LogP contribution in [-0.4, -0.2) is 29.0 Å². The van der Waals surface area contributed by atoms with Crippen LogP contribution in [0.5, 0.6) is 11.5 Å². The monoisotopic (exact) mass is 378 g/mol. The van der Waals surface area contributed by atoms with Crippen molar-refractivity contribution in [3.63, 3.8) is 0 Å². The summed E-state index contributed by atoms with van der Waals surface area (Å²) in [7, 11) is 3.30. The Bertz CT molecular complexity index is 949. The van der Waals surface area contributed by atoms with Crippen molar-refractivity contribution in [3.8, 4) is 11.5 Å². The summed E-state index contributed by atoms with van der Waals surface area (Å²) in [6.45, 7) is 4.42. The van der Waals surface area contributed by atoms with Gasteiger partial charge in [0.15, 0.2) is 11.5 Å². The highest BCUT2D eigenvalue weighted by Gasteiger charge is 2.30. The predicted octanol–water partition coefficient (Wildman–Crippen LogP) is 4.57. The Labute approximate surface area is 165 Å². The van der Waals surface area contributed by atoms with Crippen LogP contribution in [0.3, 0.4) is 0 Å². The van der Waals surface area contributed by atoms with Crippen LogP contribution in [0.25, 0.3) is 0 Å². The van der Waals surface area contributed by atoms with Crippen molar-refractivity contribution in [1.29, 1.82) is 0 Å². The Balaban J connectivity index is 1.68. The lowest BCUT2D eigenvalue weighted by Gasteiger charge is -2.32. The minimum Gasteiger partial charge on any atom is -0.493 e. The van der Waals surface area contributed by atoms with Crippen LogP contribution in [-0.2, 0) is 0 Å². The average Bonchev–Trinajstić information content (AvgIpc) is 3.21. The van der Waals surface area contributed by atoms with Crippen LogP contribution in [0.4, 0.5) is 5.95 Å². The second-order valence-electron chi connectivity index (χ2n) is 7.41. The van der Waals surface area contributed by atoms with E-state index in [1.165, 1.54) is 11.1 Å². The number of hydrogen-bond acceptors (Lipinski definition) is 5. The van der Waals surface area contributed by atoms with Gasteiger partial charge in [0.2, 0.25) is 5.95 Å². The molecule has 2 atom stereocenters. The predicted molar refractivity (Wildman–Crippen MR) is 109 cm³/mol. The summed E-state index contributed by atoms with van der Waals surface area (Å²) in [6.07, 6.45) is 2.47. The smallest absolute Gasteiger partial charge is 0.222 e. The maximum atomic E-state index is 5.50. The first kappa shape index (κ1) is 18.3. The van der Waals surface area contributed by atoms with E-state index in [0.717, 1.165) is 29.4 Å². The van der Waals surface area contributed by atoms with E-state index in [4.69, 9.17) is 9.47 Å². The van der Waals surface area contributed by atoms with E-state index in [9.17, 15) is 0 Å². The van der Waals surface area contributed by atoms with Gasteiger partial charge >= 0.3 is 0 Å². The molecule has 6 nitrogen and oxygen atoms in total. The van der Waals surface area contributed by atoms with Gasteiger partial charge in [-0.3, -0.25) is 0 Å². The number of nitrogens with zero attached hydrogens (tertiary/aromatic N) is 3. The molecule has 0 saturated carbocycles. The molecule has 1 aromatic heterocycles. The van der Waals surface area contributed by atoms with E-state index >= 15 is 0 Å². The molecule has 4 rings (SSSR count). The van der Waals surface area contributed by atoms with E-state index in [1.807, 2.05) is 16.8 Å². The lowest BCUT2D eigenvalue weighted by atomic mass is 9.92. The molecule has 1 aliphatic heterocycles. The van der Waals surface area contributed by atoms with Gasteiger partial charge in [0, 0.05) is 0 Å². The normalized spacial score (nSPS) is 18.5. The molecule has 0 spiro atoms. The fourth-order valence-electron chi connectivity index (χ4n) is 3.79. The summed E-state index contributed by atoms with van der Waals surface area (Å²) in [4.78, 5) is 4.42. The Morgan fingerprint density at radius 2 is 1.71 bits per heavy atom. The lowest BCUT2D eigenvalue weighted by molar-refractivity contribution is 0.352. The highest BCUT2D eigenvalue weighted by Crippen LogP contribution is 2.40. The zero-order valence-corrected chi connectivity index (χ0v) is 16.7. The quantitative estimate of drug-likeness (QED) is 0.705. The van der Waals surface area contributed by atoms with E-state index in [0.29, 0.717) is 5.92 Å². The molecule has 3 aromatic rings. The summed E-state index contributed by atoms with van der Waals surface area (Å²) in [5.41, 5.74) is 3.72. The van der Waals surface area contributed by atoms with Crippen LogP contribution < -0.4 is 14.8 Å². The summed E-state index contributed by atoms with van der Waals surface area (Å²) >= 11 is 0. The number of fused-ring (bicyclic) bond motifs is 1. The Morgan fingerprint density at radius 1 is 1.00 bits per heavy atom. The molecule has 1 N–H and O–H groups in total. The molecule has 0 radical (unpaired) electrons. The molecular weight excluding hydrogens is 352 g/mol. The summed E-state index contributed by atoms with van der Waals surface area (Å²) < 4.78 is 12.8. The number of ether oxygens (including phenoxy) is 2. The summed E-state index contributed by atoms with van der Waals surface area (Å²) in [5.74, 6) is 2.75. The third-order valence-electron chi connectivity index (χ3n) is 5.43. The van der Waals surface area contributed by atoms with Crippen molar-refractivity contribution in [1.82, 2.24) is 14.8 Å². The van der Waals surface area contributed by atoms with Crippen molar-refractivity contribution in [2.24, 2.45) is 0 Å². The van der Waals surface area contributed by atoms with Crippen molar-refractivity contribution < 1.29 is 9.47 Å². The molecule has 28 heavy (non-hydrogen) atoms. The van der Waals surface area contributed by atoms with E-state index in [1.54, 1.807) is 20.5 Å². The number of benzene rings is 2. The molecule has 0 aliphatic carbocycles. The lowest BCUT2D eigenvalue weighted by Crippen LogP contribution is -2.28. The zero-order chi connectivity index (χ0) is 19.7. The van der Waals surface area contributed by atoms with Crippen LogP contribution in [0.15, 0.2) is 48.8 Å². The first-order chi connectivity index (χ1) is 13.6. The van der Waals surface area contributed by atoms with Gasteiger partial charge in [-0.2, -0.15) is 10.1 Å². The molecule has 0 fully saturated rings. The highest BCUT2D eigenvalue weighted by atomic mass is 16.5. The number of hydrogen-bond donors (Lipinski definition) is 1.